The fraction of sp³-hybridized carbons (Fsp3) is 0.278. The number of oxime groups is 1. The molecular formula is C18H19Cl2N3O2. The van der Waals surface area contributed by atoms with Crippen LogP contribution < -0.4 is 4.90 Å². The van der Waals surface area contributed by atoms with Gasteiger partial charge in [0.25, 0.3) is 0 Å². The second-order valence-corrected chi connectivity index (χ2v) is 6.81. The fourth-order valence-corrected chi connectivity index (χ4v) is 3.56. The first-order chi connectivity index (χ1) is 12.1. The number of rotatable bonds is 4. The molecule has 5 nitrogen and oxygen atoms in total. The molecule has 0 aliphatic carbocycles. The molecule has 0 radical (unpaired) electrons. The maximum atomic E-state index is 10.3. The Morgan fingerprint density at radius 2 is 1.80 bits per heavy atom. The van der Waals surface area contributed by atoms with Crippen LogP contribution in [0.1, 0.15) is 11.1 Å². The Morgan fingerprint density at radius 3 is 2.48 bits per heavy atom. The van der Waals surface area contributed by atoms with Gasteiger partial charge < -0.3 is 15.2 Å². The molecule has 0 atom stereocenters. The van der Waals surface area contributed by atoms with Gasteiger partial charge in [0.1, 0.15) is 5.75 Å². The number of para-hydroxylation sites is 1. The summed E-state index contributed by atoms with van der Waals surface area (Å²) >= 11 is 12.4. The molecule has 0 aromatic heterocycles. The lowest BCUT2D eigenvalue weighted by Crippen LogP contribution is -2.46. The maximum absolute atomic E-state index is 10.3. The van der Waals surface area contributed by atoms with E-state index in [1.807, 2.05) is 24.3 Å². The van der Waals surface area contributed by atoms with Gasteiger partial charge in [-0.25, -0.2) is 0 Å². The molecule has 0 saturated carbocycles. The van der Waals surface area contributed by atoms with E-state index in [4.69, 9.17) is 28.4 Å². The van der Waals surface area contributed by atoms with Gasteiger partial charge in [0.15, 0.2) is 0 Å². The van der Waals surface area contributed by atoms with Crippen molar-refractivity contribution < 1.29 is 10.3 Å². The molecule has 2 N–H and O–H groups in total. The van der Waals surface area contributed by atoms with Crippen molar-refractivity contribution in [3.63, 3.8) is 0 Å². The van der Waals surface area contributed by atoms with Crippen LogP contribution in [0.3, 0.4) is 0 Å². The number of aromatic hydroxyl groups is 1. The van der Waals surface area contributed by atoms with Crippen molar-refractivity contribution in [3.8, 4) is 5.75 Å². The highest BCUT2D eigenvalue weighted by Gasteiger charge is 2.20. The quantitative estimate of drug-likeness (QED) is 0.481. The Balaban J connectivity index is 1.68. The van der Waals surface area contributed by atoms with Crippen molar-refractivity contribution in [3.05, 3.63) is 57.6 Å². The molecule has 7 heteroatoms. The van der Waals surface area contributed by atoms with E-state index in [1.54, 1.807) is 12.1 Å². The highest BCUT2D eigenvalue weighted by Crippen LogP contribution is 2.29. The fourth-order valence-electron chi connectivity index (χ4n) is 3.06. The Kier molecular flexibility index (Phi) is 5.68. The summed E-state index contributed by atoms with van der Waals surface area (Å²) in [5.41, 5.74) is 2.17. The van der Waals surface area contributed by atoms with Crippen LogP contribution in [0.25, 0.3) is 0 Å². The minimum absolute atomic E-state index is 0.0933. The normalized spacial score (nSPS) is 15.8. The summed E-state index contributed by atoms with van der Waals surface area (Å²) < 4.78 is 0. The first-order valence-electron chi connectivity index (χ1n) is 7.99. The highest BCUT2D eigenvalue weighted by molar-refractivity contribution is 6.33. The third-order valence-electron chi connectivity index (χ3n) is 4.34. The average Bonchev–Trinajstić information content (AvgIpc) is 2.60. The Bertz CT molecular complexity index is 775. The van der Waals surface area contributed by atoms with E-state index in [1.165, 1.54) is 6.21 Å². The molecule has 1 fully saturated rings. The molecule has 1 saturated heterocycles. The summed E-state index contributed by atoms with van der Waals surface area (Å²) in [7, 11) is 0. The smallest absolute Gasteiger partial charge is 0.129 e. The lowest BCUT2D eigenvalue weighted by molar-refractivity contribution is 0.246. The van der Waals surface area contributed by atoms with E-state index < -0.39 is 0 Å². The summed E-state index contributed by atoms with van der Waals surface area (Å²) in [5.74, 6) is 0.0933. The van der Waals surface area contributed by atoms with E-state index in [9.17, 15) is 5.11 Å². The number of nitrogens with zero attached hydrogens (tertiary/aromatic N) is 3. The lowest BCUT2D eigenvalue weighted by atomic mass is 10.1. The molecule has 25 heavy (non-hydrogen) atoms. The van der Waals surface area contributed by atoms with Crippen LogP contribution in [0.15, 0.2) is 41.6 Å². The standard InChI is InChI=1S/C18H19Cl2N3O2/c19-15-9-13(11-21-25)18(24)14(10-15)12-22-5-7-23(8-6-22)17-4-2-1-3-16(17)20/h1-4,9-11,24-25H,5-8,12H2/b21-11+. The number of hydrogen-bond acceptors (Lipinski definition) is 5. The molecule has 2 aromatic rings. The Morgan fingerprint density at radius 1 is 1.08 bits per heavy atom. The van der Waals surface area contributed by atoms with Crippen LogP contribution in [0.2, 0.25) is 10.0 Å². The monoisotopic (exact) mass is 379 g/mol. The topological polar surface area (TPSA) is 59.3 Å². The van der Waals surface area contributed by atoms with E-state index in [2.05, 4.69) is 15.0 Å². The van der Waals surface area contributed by atoms with E-state index in [0.717, 1.165) is 36.9 Å². The molecule has 1 aliphatic heterocycles. The summed E-state index contributed by atoms with van der Waals surface area (Å²) in [6, 6.07) is 11.2. The van der Waals surface area contributed by atoms with E-state index in [0.29, 0.717) is 22.7 Å². The van der Waals surface area contributed by atoms with Gasteiger partial charge >= 0.3 is 0 Å². The van der Waals surface area contributed by atoms with Gasteiger partial charge in [-0.05, 0) is 24.3 Å². The molecule has 1 heterocycles. The molecule has 3 rings (SSSR count). The maximum Gasteiger partial charge on any atom is 0.129 e. The molecule has 1 aliphatic rings. The van der Waals surface area contributed by atoms with Crippen molar-refractivity contribution in [1.29, 1.82) is 0 Å². The van der Waals surface area contributed by atoms with Gasteiger partial charge in [-0.2, -0.15) is 0 Å². The number of anilines is 1. The molecule has 0 unspecified atom stereocenters. The second kappa shape index (κ2) is 7.95. The molecular weight excluding hydrogens is 361 g/mol. The summed E-state index contributed by atoms with van der Waals surface area (Å²) in [6.45, 7) is 3.99. The largest absolute Gasteiger partial charge is 0.507 e. The summed E-state index contributed by atoms with van der Waals surface area (Å²) in [5, 5.41) is 23.3. The van der Waals surface area contributed by atoms with Gasteiger partial charge in [-0.1, -0.05) is 40.5 Å². The van der Waals surface area contributed by atoms with Crippen LogP contribution in [-0.4, -0.2) is 47.6 Å². The average molecular weight is 380 g/mol. The van der Waals surface area contributed by atoms with E-state index in [-0.39, 0.29) is 5.75 Å². The Hall–Kier alpha value is -1.95. The minimum Gasteiger partial charge on any atom is -0.507 e. The van der Waals surface area contributed by atoms with Crippen LogP contribution in [0.4, 0.5) is 5.69 Å². The van der Waals surface area contributed by atoms with Crippen molar-refractivity contribution in [2.45, 2.75) is 6.54 Å². The number of phenols is 1. The predicted octanol–water partition coefficient (Wildman–Crippen LogP) is 3.83. The van der Waals surface area contributed by atoms with Crippen molar-refractivity contribution in [2.24, 2.45) is 5.16 Å². The molecule has 2 aromatic carbocycles. The molecule has 0 spiro atoms. The van der Waals surface area contributed by atoms with Crippen molar-refractivity contribution in [1.82, 2.24) is 4.90 Å². The molecule has 132 valence electrons. The zero-order chi connectivity index (χ0) is 17.8. The van der Waals surface area contributed by atoms with Crippen molar-refractivity contribution in [2.75, 3.05) is 31.1 Å². The third-order valence-corrected chi connectivity index (χ3v) is 4.88. The molecule has 0 bridgehead atoms. The van der Waals surface area contributed by atoms with Gasteiger partial charge in [0, 0.05) is 48.9 Å². The first-order valence-corrected chi connectivity index (χ1v) is 8.74. The van der Waals surface area contributed by atoms with Crippen LogP contribution >= 0.6 is 23.2 Å². The van der Waals surface area contributed by atoms with Crippen LogP contribution in [-0.2, 0) is 6.54 Å². The zero-order valence-electron chi connectivity index (χ0n) is 13.6. The lowest BCUT2D eigenvalue weighted by Gasteiger charge is -2.36. The number of piperazine rings is 1. The summed E-state index contributed by atoms with van der Waals surface area (Å²) in [6.07, 6.45) is 1.18. The van der Waals surface area contributed by atoms with Gasteiger partial charge in [-0.15, -0.1) is 0 Å². The van der Waals surface area contributed by atoms with Crippen LogP contribution in [0.5, 0.6) is 5.75 Å². The zero-order valence-corrected chi connectivity index (χ0v) is 15.1. The number of benzene rings is 2. The van der Waals surface area contributed by atoms with Gasteiger partial charge in [0.2, 0.25) is 0 Å². The minimum atomic E-state index is 0.0933. The highest BCUT2D eigenvalue weighted by atomic mass is 35.5. The van der Waals surface area contributed by atoms with Gasteiger partial charge in [0.05, 0.1) is 16.9 Å². The molecule has 0 amide bonds. The third kappa shape index (κ3) is 4.18. The number of halogens is 2. The van der Waals surface area contributed by atoms with Gasteiger partial charge in [-0.3, -0.25) is 4.90 Å². The summed E-state index contributed by atoms with van der Waals surface area (Å²) in [4.78, 5) is 4.51. The first kappa shape index (κ1) is 17.9. The predicted molar refractivity (Wildman–Crippen MR) is 101 cm³/mol. The van der Waals surface area contributed by atoms with E-state index >= 15 is 0 Å². The Labute approximate surface area is 156 Å². The van der Waals surface area contributed by atoms with Crippen molar-refractivity contribution >= 4 is 35.1 Å². The second-order valence-electron chi connectivity index (χ2n) is 5.96. The number of hydrogen-bond donors (Lipinski definition) is 2. The SMILES string of the molecule is O/N=C/c1cc(Cl)cc(CN2CCN(c3ccccc3Cl)CC2)c1O. The van der Waals surface area contributed by atoms with Crippen LogP contribution in [0, 0.1) is 0 Å². The number of phenolic OH excluding ortho intramolecular Hbond substituents is 1.